The molecule has 6 spiro atoms. The van der Waals surface area contributed by atoms with E-state index >= 15 is 0 Å². The summed E-state index contributed by atoms with van der Waals surface area (Å²) >= 11 is 0. The predicted molar refractivity (Wildman–Crippen MR) is 254 cm³/mol. The number of ketones is 1. The van der Waals surface area contributed by atoms with Crippen LogP contribution in [0.15, 0.2) is 12.1 Å². The highest BCUT2D eigenvalue weighted by molar-refractivity contribution is 8.76. The van der Waals surface area contributed by atoms with Crippen molar-refractivity contribution in [2.24, 2.45) is 38.9 Å². The average molecular weight is 983 g/mol. The molecular formula is C51H70N2O13S2. The maximum atomic E-state index is 12.7. The van der Waals surface area contributed by atoms with Crippen molar-refractivity contribution in [1.29, 1.82) is 0 Å². The van der Waals surface area contributed by atoms with Crippen molar-refractivity contribution in [3.05, 3.63) is 28.8 Å². The summed E-state index contributed by atoms with van der Waals surface area (Å²) in [4.78, 5) is 25.1. The Labute approximate surface area is 405 Å². The van der Waals surface area contributed by atoms with Crippen molar-refractivity contribution >= 4 is 44.1 Å². The van der Waals surface area contributed by atoms with E-state index in [0.717, 1.165) is 31.4 Å². The van der Waals surface area contributed by atoms with Crippen molar-refractivity contribution in [1.82, 2.24) is 10.9 Å². The molecule has 9 N–H and O–H groups in total. The number of carboxylic acid groups (broad SMARTS) is 1. The minimum Gasteiger partial charge on any atom is -0.507 e. The normalized spacial score (nSPS) is 42.9. The van der Waals surface area contributed by atoms with Gasteiger partial charge in [0.15, 0.2) is 5.78 Å². The van der Waals surface area contributed by atoms with Gasteiger partial charge in [0.05, 0.1) is 29.7 Å². The van der Waals surface area contributed by atoms with Crippen LogP contribution < -0.4 is 15.6 Å². The second-order valence-electron chi connectivity index (χ2n) is 23.3. The number of carbonyl (C=O) groups excluding carboxylic acids is 1. The molecule has 13 atom stereocenters. The van der Waals surface area contributed by atoms with E-state index in [1.165, 1.54) is 95.3 Å². The van der Waals surface area contributed by atoms with Gasteiger partial charge in [-0.1, -0.05) is 40.9 Å². The maximum Gasteiger partial charge on any atom is 0.335 e. The van der Waals surface area contributed by atoms with E-state index < -0.39 is 65.6 Å². The minimum absolute atomic E-state index is 0.0124. The van der Waals surface area contributed by atoms with Gasteiger partial charge in [-0.05, 0) is 149 Å². The number of fused-ring (bicyclic) bond motifs is 2. The maximum absolute atomic E-state index is 12.7. The zero-order valence-electron chi connectivity index (χ0n) is 39.4. The Balaban J connectivity index is 0.947. The first-order valence-electron chi connectivity index (χ1n) is 25.2. The highest BCUT2D eigenvalue weighted by Crippen LogP contribution is 2.77. The molecule has 4 aliphatic heterocycles. The second-order valence-corrected chi connectivity index (χ2v) is 25.7. The van der Waals surface area contributed by atoms with Crippen LogP contribution in [-0.2, 0) is 14.2 Å². The summed E-state index contributed by atoms with van der Waals surface area (Å²) in [6.07, 6.45) is 12.5. The molecule has 0 radical (unpaired) electrons. The first-order chi connectivity index (χ1) is 32.5. The van der Waals surface area contributed by atoms with E-state index in [-0.39, 0.29) is 86.3 Å². The molecule has 11 rings (SSSR count). The number of aromatic carboxylic acids is 1. The molecule has 17 heteroatoms. The number of benzene rings is 2. The summed E-state index contributed by atoms with van der Waals surface area (Å²) in [6, 6.07) is 2.53. The second kappa shape index (κ2) is 17.1. The zero-order chi connectivity index (χ0) is 47.6. The highest BCUT2D eigenvalue weighted by atomic mass is 33.1. The Morgan fingerprint density at radius 3 is 2.46 bits per heavy atom. The number of phenolic OH excluding ortho intramolecular Hbond substituents is 2. The molecular weight excluding hydrogens is 913 g/mol. The van der Waals surface area contributed by atoms with E-state index in [1.54, 1.807) is 10.8 Å². The van der Waals surface area contributed by atoms with Gasteiger partial charge in [-0.15, -0.1) is 0 Å². The molecule has 4 saturated heterocycles. The number of rotatable bonds is 7. The van der Waals surface area contributed by atoms with Gasteiger partial charge >= 0.3 is 5.97 Å². The molecule has 5 aliphatic carbocycles. The molecule has 9 aliphatic rings. The minimum atomic E-state index is -1.82. The average Bonchev–Trinajstić information content (AvgIpc) is 4.08. The van der Waals surface area contributed by atoms with Crippen LogP contribution in [0.5, 0.6) is 17.2 Å². The molecule has 5 saturated carbocycles. The van der Waals surface area contributed by atoms with Crippen LogP contribution in [0.1, 0.15) is 142 Å². The van der Waals surface area contributed by atoms with E-state index in [0.29, 0.717) is 42.6 Å². The molecule has 13 unspecified atom stereocenters. The largest absolute Gasteiger partial charge is 0.507 e. The van der Waals surface area contributed by atoms with E-state index in [9.17, 15) is 45.3 Å². The Morgan fingerprint density at radius 1 is 0.912 bits per heavy atom. The zero-order valence-corrected chi connectivity index (χ0v) is 41.0. The Morgan fingerprint density at radius 2 is 1.71 bits per heavy atom. The number of aliphatic hydroxyl groups excluding tert-OH is 4. The summed E-state index contributed by atoms with van der Waals surface area (Å²) in [6.45, 7) is 3.20. The molecule has 2 bridgehead atoms. The lowest BCUT2D eigenvalue weighted by Gasteiger charge is -2.67. The van der Waals surface area contributed by atoms with E-state index in [2.05, 4.69) is 10.9 Å². The standard InChI is InChI=1S/C51H70N2O13S2/c1-28-36(29(2)56)39(58)37-32(38(28)57)16-30(43(61)62)17-33(37)65-44-40(59)42(60)51(35(20-55)66-44)13-12-50-24-47(18-31-21-63-25-46(14-15-54,41(31)50)26-67-68-27-64-51)23-49(19-34(47)52-53-50)9-5-8-48(49)11-10-45(22-48)6-3-4-7-45/h16-17,31,34-35,40-42,44,52-55,57-60H,3-15,18-27H2,1-2H3,(H,61,62). The molecule has 2 aromatic rings. The Hall–Kier alpha value is -2.42. The predicted octanol–water partition coefficient (Wildman–Crippen LogP) is 6.49. The van der Waals surface area contributed by atoms with Crippen LogP contribution in [0, 0.1) is 45.8 Å². The van der Waals surface area contributed by atoms with Gasteiger partial charge in [-0.2, -0.15) is 0 Å². The number of aliphatic hydroxyl groups is 4. The van der Waals surface area contributed by atoms with Gasteiger partial charge in [0.25, 0.3) is 0 Å². The number of Topliss-reactive ketones (excluding diaryl/α,β-unsaturated/α-hetero) is 1. The van der Waals surface area contributed by atoms with E-state index in [4.69, 9.17) is 18.9 Å². The van der Waals surface area contributed by atoms with Crippen LogP contribution in [0.4, 0.5) is 0 Å². The van der Waals surface area contributed by atoms with Gasteiger partial charge in [0.1, 0.15) is 47.1 Å². The smallest absolute Gasteiger partial charge is 0.335 e. The molecule has 4 heterocycles. The number of hydrogen-bond donors (Lipinski definition) is 9. The number of carboxylic acids is 1. The fourth-order valence-electron chi connectivity index (χ4n) is 17.6. The first kappa shape index (κ1) is 47.9. The fraction of sp³-hybridized carbons (Fsp3) is 0.765. The molecule has 0 aromatic heterocycles. The summed E-state index contributed by atoms with van der Waals surface area (Å²) in [5.41, 5.74) is 6.20. The lowest BCUT2D eigenvalue weighted by atomic mass is 9.46. The topological polar surface area (TPSA) is 237 Å². The summed E-state index contributed by atoms with van der Waals surface area (Å²) in [5, 5.41) is 79.3. The molecule has 15 nitrogen and oxygen atoms in total. The van der Waals surface area contributed by atoms with Crippen LogP contribution in [0.2, 0.25) is 0 Å². The van der Waals surface area contributed by atoms with Gasteiger partial charge in [0, 0.05) is 46.9 Å². The van der Waals surface area contributed by atoms with Crippen molar-refractivity contribution in [2.75, 3.05) is 38.1 Å². The van der Waals surface area contributed by atoms with Gasteiger partial charge < -0.3 is 54.7 Å². The lowest BCUT2D eigenvalue weighted by molar-refractivity contribution is -0.323. The van der Waals surface area contributed by atoms with Crippen molar-refractivity contribution < 1.29 is 64.3 Å². The summed E-state index contributed by atoms with van der Waals surface area (Å²) in [7, 11) is 3.10. The molecule has 0 amide bonds. The third kappa shape index (κ3) is 7.00. The van der Waals surface area contributed by atoms with Crippen LogP contribution in [0.25, 0.3) is 10.8 Å². The Bertz CT molecular complexity index is 2340. The van der Waals surface area contributed by atoms with Gasteiger partial charge in [0.2, 0.25) is 6.29 Å². The van der Waals surface area contributed by atoms with Crippen LogP contribution >= 0.6 is 21.6 Å². The number of carbonyl (C=O) groups is 2. The van der Waals surface area contributed by atoms with Crippen molar-refractivity contribution in [3.63, 3.8) is 0 Å². The fourth-order valence-corrected chi connectivity index (χ4v) is 19.9. The Kier molecular flexibility index (Phi) is 12.0. The molecule has 2 aromatic carbocycles. The van der Waals surface area contributed by atoms with E-state index in [1.807, 2.05) is 0 Å². The SMILES string of the molecule is CC(=O)c1c(C)c(O)c2cc(C(=O)O)cc(OC3OC(CO)C4(CCC56CC7(CC8COCC(CCO)(CSSCO4)C85)CC4(CCCC45CCC4(CCCC4)C5)CC7NN6)C(O)C3O)c2c1O. The lowest BCUT2D eigenvalue weighted by Crippen LogP contribution is -2.77. The number of hydrazine groups is 1. The molecule has 68 heavy (non-hydrogen) atoms. The van der Waals surface area contributed by atoms with Crippen LogP contribution in [-0.4, -0.2) is 127 Å². The number of nitrogens with one attached hydrogen (secondary N) is 2. The van der Waals surface area contributed by atoms with Gasteiger partial charge in [-0.25, -0.2) is 4.79 Å². The monoisotopic (exact) mass is 982 g/mol. The highest BCUT2D eigenvalue weighted by Gasteiger charge is 2.73. The number of aromatic hydroxyl groups is 2. The third-order valence-corrected chi connectivity index (χ3v) is 22.4. The first-order valence-corrected chi connectivity index (χ1v) is 27.7. The quantitative estimate of drug-likeness (QED) is 0.0819. The third-order valence-electron chi connectivity index (χ3n) is 20.1. The number of hydrogen-bond acceptors (Lipinski definition) is 16. The van der Waals surface area contributed by atoms with Gasteiger partial charge in [-0.3, -0.25) is 15.6 Å². The van der Waals surface area contributed by atoms with Crippen molar-refractivity contribution in [2.45, 2.75) is 165 Å². The van der Waals surface area contributed by atoms with Crippen LogP contribution in [0.3, 0.4) is 0 Å². The molecule has 9 fully saturated rings. The molecule has 374 valence electrons. The number of phenols is 2. The van der Waals surface area contributed by atoms with Crippen molar-refractivity contribution in [3.8, 4) is 17.2 Å². The summed E-state index contributed by atoms with van der Waals surface area (Å²) < 4.78 is 26.1. The number of ether oxygens (including phenoxy) is 4. The summed E-state index contributed by atoms with van der Waals surface area (Å²) in [5.74, 6) is -2.16.